The Morgan fingerprint density at radius 2 is 1.03 bits per heavy atom. The number of hydrogen-bond donors (Lipinski definition) is 0. The van der Waals surface area contributed by atoms with Gasteiger partial charge in [-0.3, -0.25) is 14.4 Å². The number of carbonyl (C=O) groups is 3. The van der Waals surface area contributed by atoms with Gasteiger partial charge in [0.2, 0.25) is 5.91 Å². The predicted molar refractivity (Wildman–Crippen MR) is 249 cm³/mol. The zero-order chi connectivity index (χ0) is 43.8. The van der Waals surface area contributed by atoms with Crippen LogP contribution in [0.2, 0.25) is 0 Å². The molecule has 1 amide bonds. The second-order valence-corrected chi connectivity index (χ2v) is 17.8. The van der Waals surface area contributed by atoms with Crippen molar-refractivity contribution in [1.82, 2.24) is 9.80 Å². The van der Waals surface area contributed by atoms with Crippen molar-refractivity contribution < 1.29 is 33.3 Å². The summed E-state index contributed by atoms with van der Waals surface area (Å²) >= 11 is 0. The lowest BCUT2D eigenvalue weighted by Crippen LogP contribution is -2.47. The van der Waals surface area contributed by atoms with Gasteiger partial charge in [0, 0.05) is 51.0 Å². The average molecular weight is 847 g/mol. The lowest BCUT2D eigenvalue weighted by Gasteiger charge is -2.41. The highest BCUT2D eigenvalue weighted by Crippen LogP contribution is 2.33. The first-order valence-corrected chi connectivity index (χ1v) is 25.0. The van der Waals surface area contributed by atoms with Gasteiger partial charge in [-0.1, -0.05) is 141 Å². The number of ether oxygens (including phenoxy) is 4. The number of amides is 1. The molecule has 0 aliphatic carbocycles. The molecule has 1 rings (SSSR count). The molecule has 0 N–H and O–H groups in total. The van der Waals surface area contributed by atoms with Gasteiger partial charge in [0.15, 0.2) is 6.29 Å². The summed E-state index contributed by atoms with van der Waals surface area (Å²) in [6.45, 7) is 10.4. The molecule has 0 aromatic rings. The summed E-state index contributed by atoms with van der Waals surface area (Å²) in [5.74, 6) is -0.320. The molecule has 0 bridgehead atoms. The van der Waals surface area contributed by atoms with Crippen LogP contribution in [-0.4, -0.2) is 94.1 Å². The van der Waals surface area contributed by atoms with Crippen molar-refractivity contribution in [2.45, 2.75) is 220 Å². The molecule has 1 heterocycles. The molecule has 60 heavy (non-hydrogen) atoms. The monoisotopic (exact) mass is 847 g/mol. The number of carbonyl (C=O) groups excluding carboxylic acids is 3. The molecule has 1 saturated heterocycles. The molecule has 0 aromatic carbocycles. The van der Waals surface area contributed by atoms with Gasteiger partial charge in [-0.2, -0.15) is 0 Å². The summed E-state index contributed by atoms with van der Waals surface area (Å²) in [7, 11) is 4.04. The Hall–Kier alpha value is -2.23. The Labute approximate surface area is 369 Å². The molecule has 350 valence electrons. The third-order valence-electron chi connectivity index (χ3n) is 11.8. The third-order valence-corrected chi connectivity index (χ3v) is 11.8. The quantitative estimate of drug-likeness (QED) is 0.0260. The van der Waals surface area contributed by atoms with E-state index in [1.165, 1.54) is 89.9 Å². The summed E-state index contributed by atoms with van der Waals surface area (Å²) in [4.78, 5) is 43.2. The molecular weight excluding hydrogens is 753 g/mol. The van der Waals surface area contributed by atoms with Crippen LogP contribution in [0.3, 0.4) is 0 Å². The highest BCUT2D eigenvalue weighted by atomic mass is 16.7. The average Bonchev–Trinajstić information content (AvgIpc) is 3.24. The van der Waals surface area contributed by atoms with E-state index in [-0.39, 0.29) is 37.5 Å². The van der Waals surface area contributed by atoms with Gasteiger partial charge >= 0.3 is 11.9 Å². The maximum absolute atomic E-state index is 13.2. The Bertz CT molecular complexity index is 1070. The van der Waals surface area contributed by atoms with Crippen molar-refractivity contribution in [2.24, 2.45) is 5.41 Å². The number of likely N-dealkylation sites (tertiary alicyclic amines) is 1. The third kappa shape index (κ3) is 32.5. The molecule has 1 fully saturated rings. The van der Waals surface area contributed by atoms with Crippen LogP contribution in [0.4, 0.5) is 0 Å². The molecule has 0 unspecified atom stereocenters. The SMILES string of the molecule is CCCCC/C=C\C/C=C\CCCCCCCC(=O)OCC1(COC(=O)CCC(OCCCCCCCC)OCCCCCCCC)CCN(C(=O)CCCN(C)C)CC1. The van der Waals surface area contributed by atoms with E-state index in [4.69, 9.17) is 18.9 Å². The summed E-state index contributed by atoms with van der Waals surface area (Å²) < 4.78 is 24.2. The fourth-order valence-corrected chi connectivity index (χ4v) is 7.60. The maximum atomic E-state index is 13.2. The van der Waals surface area contributed by atoms with E-state index in [1.54, 1.807) is 0 Å². The normalized spacial score (nSPS) is 14.3. The smallest absolute Gasteiger partial charge is 0.305 e. The zero-order valence-electron chi connectivity index (χ0n) is 39.8. The van der Waals surface area contributed by atoms with Gasteiger partial charge in [-0.15, -0.1) is 0 Å². The van der Waals surface area contributed by atoms with Crippen molar-refractivity contribution in [3.05, 3.63) is 24.3 Å². The molecule has 0 aromatic heterocycles. The van der Waals surface area contributed by atoms with Crippen LogP contribution in [-0.2, 0) is 33.3 Å². The molecule has 0 spiro atoms. The summed E-state index contributed by atoms with van der Waals surface area (Å²) in [6, 6.07) is 0. The summed E-state index contributed by atoms with van der Waals surface area (Å²) in [5, 5.41) is 0. The van der Waals surface area contributed by atoms with Crippen LogP contribution < -0.4 is 0 Å². The van der Waals surface area contributed by atoms with Gasteiger partial charge in [0.05, 0.1) is 6.42 Å². The zero-order valence-corrected chi connectivity index (χ0v) is 39.8. The minimum atomic E-state index is -0.508. The van der Waals surface area contributed by atoms with Crippen LogP contribution in [0.1, 0.15) is 213 Å². The molecular formula is C51H94N2O7. The first-order chi connectivity index (χ1) is 29.2. The number of rotatable bonds is 41. The van der Waals surface area contributed by atoms with E-state index in [0.29, 0.717) is 58.4 Å². The van der Waals surface area contributed by atoms with Crippen molar-refractivity contribution >= 4 is 17.8 Å². The Balaban J connectivity index is 2.61. The van der Waals surface area contributed by atoms with Gasteiger partial charge in [0.25, 0.3) is 0 Å². The molecule has 1 aliphatic heterocycles. The number of nitrogens with zero attached hydrogens (tertiary/aromatic N) is 2. The van der Waals surface area contributed by atoms with E-state index in [1.807, 2.05) is 19.0 Å². The van der Waals surface area contributed by atoms with E-state index >= 15 is 0 Å². The Morgan fingerprint density at radius 1 is 0.567 bits per heavy atom. The van der Waals surface area contributed by atoms with Crippen molar-refractivity contribution in [2.75, 3.05) is 60.2 Å². The highest BCUT2D eigenvalue weighted by molar-refractivity contribution is 5.76. The van der Waals surface area contributed by atoms with Gasteiger partial charge in [-0.05, 0) is 91.3 Å². The fourth-order valence-electron chi connectivity index (χ4n) is 7.60. The topological polar surface area (TPSA) is 94.6 Å². The first kappa shape index (κ1) is 55.8. The molecule has 1 aliphatic rings. The van der Waals surface area contributed by atoms with Crippen molar-refractivity contribution in [3.8, 4) is 0 Å². The highest BCUT2D eigenvalue weighted by Gasteiger charge is 2.38. The van der Waals surface area contributed by atoms with E-state index in [2.05, 4.69) is 50.0 Å². The lowest BCUT2D eigenvalue weighted by atomic mass is 9.79. The van der Waals surface area contributed by atoms with Gasteiger partial charge in [0.1, 0.15) is 13.2 Å². The molecule has 0 radical (unpaired) electrons. The summed E-state index contributed by atoms with van der Waals surface area (Å²) in [6.07, 6.45) is 39.2. The van der Waals surface area contributed by atoms with Crippen LogP contribution in [0.5, 0.6) is 0 Å². The van der Waals surface area contributed by atoms with Crippen molar-refractivity contribution in [3.63, 3.8) is 0 Å². The van der Waals surface area contributed by atoms with Crippen molar-refractivity contribution in [1.29, 1.82) is 0 Å². The van der Waals surface area contributed by atoms with Crippen LogP contribution in [0, 0.1) is 5.41 Å². The predicted octanol–water partition coefficient (Wildman–Crippen LogP) is 12.7. The fraction of sp³-hybridized carbons (Fsp3) is 0.863. The number of hydrogen-bond acceptors (Lipinski definition) is 8. The van der Waals surface area contributed by atoms with Crippen LogP contribution >= 0.6 is 0 Å². The second kappa shape index (κ2) is 39.6. The van der Waals surface area contributed by atoms with E-state index in [0.717, 1.165) is 70.8 Å². The summed E-state index contributed by atoms with van der Waals surface area (Å²) in [5.41, 5.74) is -0.508. The largest absolute Gasteiger partial charge is 0.465 e. The molecule has 0 atom stereocenters. The Morgan fingerprint density at radius 3 is 1.58 bits per heavy atom. The number of unbranched alkanes of at least 4 members (excludes halogenated alkanes) is 18. The van der Waals surface area contributed by atoms with E-state index in [9.17, 15) is 14.4 Å². The number of piperidine rings is 1. The molecule has 9 nitrogen and oxygen atoms in total. The van der Waals surface area contributed by atoms with Crippen LogP contribution in [0.25, 0.3) is 0 Å². The van der Waals surface area contributed by atoms with E-state index < -0.39 is 11.7 Å². The Kier molecular flexibility index (Phi) is 36.8. The molecule has 0 saturated carbocycles. The van der Waals surface area contributed by atoms with Gasteiger partial charge in [-0.25, -0.2) is 0 Å². The standard InChI is InChI=1S/C51H94N2O7/c1-6-9-12-15-18-19-20-21-22-23-24-25-26-27-30-35-48(55)59-45-51(38-41-53(42-39-51)47(54)34-33-40-52(4)5)46-60-49(56)36-37-50(57-43-31-28-16-13-10-7-2)58-44-32-29-17-14-11-8-3/h18-19,21-22,50H,6-17,20,23-46H2,1-5H3/b19-18-,22-21-. The molecule has 9 heteroatoms. The minimum absolute atomic E-state index is 0.161. The second-order valence-electron chi connectivity index (χ2n) is 17.8. The minimum Gasteiger partial charge on any atom is -0.465 e. The number of esters is 2. The maximum Gasteiger partial charge on any atom is 0.305 e. The van der Waals surface area contributed by atoms with Gasteiger partial charge < -0.3 is 28.7 Å². The van der Waals surface area contributed by atoms with Crippen LogP contribution in [0.15, 0.2) is 24.3 Å². The lowest BCUT2D eigenvalue weighted by molar-refractivity contribution is -0.165. The number of allylic oxidation sites excluding steroid dienone is 4. The first-order valence-electron chi connectivity index (χ1n) is 25.0.